The van der Waals surface area contributed by atoms with E-state index in [0.29, 0.717) is 11.1 Å². The summed E-state index contributed by atoms with van der Waals surface area (Å²) in [6.45, 7) is 1.78. The maximum Gasteiger partial charge on any atom is 0.229 e. The SMILES string of the molecule is Cc1c(CN)ccc(NS(C)(=O)=O)c1F. The van der Waals surface area contributed by atoms with Crippen molar-refractivity contribution in [3.63, 3.8) is 0 Å². The lowest BCUT2D eigenvalue weighted by molar-refractivity contribution is 0.602. The first-order chi connectivity index (χ1) is 6.85. The summed E-state index contributed by atoms with van der Waals surface area (Å²) in [5.74, 6) is -0.580. The van der Waals surface area contributed by atoms with Crippen molar-refractivity contribution in [3.8, 4) is 0 Å². The molecule has 0 fully saturated rings. The van der Waals surface area contributed by atoms with Crippen LogP contribution >= 0.6 is 0 Å². The molecule has 0 aliphatic rings. The van der Waals surface area contributed by atoms with E-state index in [4.69, 9.17) is 5.73 Å². The van der Waals surface area contributed by atoms with Crippen molar-refractivity contribution in [1.29, 1.82) is 0 Å². The number of nitrogens with one attached hydrogen (secondary N) is 1. The standard InChI is InChI=1S/C9H13FN2O2S/c1-6-7(5-11)3-4-8(9(6)10)12-15(2,13)14/h3-4,12H,5,11H2,1-2H3. The van der Waals surface area contributed by atoms with Gasteiger partial charge in [0.1, 0.15) is 5.82 Å². The fraction of sp³-hybridized carbons (Fsp3) is 0.333. The van der Waals surface area contributed by atoms with E-state index in [1.54, 1.807) is 13.0 Å². The van der Waals surface area contributed by atoms with Gasteiger partial charge in [-0.05, 0) is 24.1 Å². The van der Waals surface area contributed by atoms with Crippen LogP contribution in [0, 0.1) is 12.7 Å². The number of halogens is 1. The zero-order valence-electron chi connectivity index (χ0n) is 8.54. The molecule has 1 aromatic rings. The molecule has 0 aromatic heterocycles. The van der Waals surface area contributed by atoms with Crippen molar-refractivity contribution in [2.24, 2.45) is 5.73 Å². The normalized spacial score (nSPS) is 11.5. The van der Waals surface area contributed by atoms with Crippen LogP contribution in [-0.4, -0.2) is 14.7 Å². The second kappa shape index (κ2) is 4.16. The quantitative estimate of drug-likeness (QED) is 0.815. The molecule has 0 spiro atoms. The van der Waals surface area contributed by atoms with Gasteiger partial charge in [-0.2, -0.15) is 0 Å². The summed E-state index contributed by atoms with van der Waals surface area (Å²) in [5, 5.41) is 0. The lowest BCUT2D eigenvalue weighted by atomic mass is 10.1. The molecule has 1 rings (SSSR count). The summed E-state index contributed by atoms with van der Waals surface area (Å²) in [4.78, 5) is 0. The highest BCUT2D eigenvalue weighted by Gasteiger charge is 2.11. The molecular formula is C9H13FN2O2S. The molecule has 0 unspecified atom stereocenters. The monoisotopic (exact) mass is 232 g/mol. The van der Waals surface area contributed by atoms with E-state index in [1.165, 1.54) is 6.07 Å². The topological polar surface area (TPSA) is 72.2 Å². The molecule has 0 atom stereocenters. The summed E-state index contributed by atoms with van der Waals surface area (Å²) in [6.07, 6.45) is 0.971. The number of sulfonamides is 1. The van der Waals surface area contributed by atoms with Gasteiger partial charge in [0.05, 0.1) is 11.9 Å². The summed E-state index contributed by atoms with van der Waals surface area (Å²) in [6, 6.07) is 2.97. The lowest BCUT2D eigenvalue weighted by Crippen LogP contribution is -2.12. The molecule has 0 heterocycles. The molecule has 0 bridgehead atoms. The molecule has 1 aromatic carbocycles. The zero-order valence-corrected chi connectivity index (χ0v) is 9.36. The van der Waals surface area contributed by atoms with E-state index in [0.717, 1.165) is 6.26 Å². The maximum atomic E-state index is 13.6. The van der Waals surface area contributed by atoms with Crippen LogP contribution in [0.25, 0.3) is 0 Å². The van der Waals surface area contributed by atoms with Crippen molar-refractivity contribution < 1.29 is 12.8 Å². The Morgan fingerprint density at radius 2 is 2.07 bits per heavy atom. The van der Waals surface area contributed by atoms with E-state index >= 15 is 0 Å². The molecule has 84 valence electrons. The number of hydrogen-bond acceptors (Lipinski definition) is 3. The zero-order chi connectivity index (χ0) is 11.6. The van der Waals surface area contributed by atoms with Gasteiger partial charge >= 0.3 is 0 Å². The minimum absolute atomic E-state index is 0.0489. The molecule has 0 aliphatic heterocycles. The van der Waals surface area contributed by atoms with Crippen LogP contribution in [0.4, 0.5) is 10.1 Å². The van der Waals surface area contributed by atoms with Crippen molar-refractivity contribution in [1.82, 2.24) is 0 Å². The molecule has 0 aliphatic carbocycles. The lowest BCUT2D eigenvalue weighted by Gasteiger charge is -2.10. The van der Waals surface area contributed by atoms with E-state index in [-0.39, 0.29) is 12.2 Å². The van der Waals surface area contributed by atoms with E-state index < -0.39 is 15.8 Å². The third-order valence-electron chi connectivity index (χ3n) is 2.01. The minimum Gasteiger partial charge on any atom is -0.326 e. The van der Waals surface area contributed by atoms with E-state index in [9.17, 15) is 12.8 Å². The number of benzene rings is 1. The van der Waals surface area contributed by atoms with Crippen LogP contribution in [-0.2, 0) is 16.6 Å². The van der Waals surface area contributed by atoms with Crippen molar-refractivity contribution in [2.45, 2.75) is 13.5 Å². The first kappa shape index (κ1) is 11.9. The van der Waals surface area contributed by atoms with Gasteiger partial charge in [-0.25, -0.2) is 12.8 Å². The first-order valence-electron chi connectivity index (χ1n) is 4.31. The van der Waals surface area contributed by atoms with E-state index in [1.807, 2.05) is 0 Å². The average Bonchev–Trinajstić information content (AvgIpc) is 2.11. The highest BCUT2D eigenvalue weighted by molar-refractivity contribution is 7.92. The summed E-state index contributed by atoms with van der Waals surface area (Å²) in [7, 11) is -3.46. The summed E-state index contributed by atoms with van der Waals surface area (Å²) >= 11 is 0. The first-order valence-corrected chi connectivity index (χ1v) is 6.20. The number of nitrogens with two attached hydrogens (primary N) is 1. The Hall–Kier alpha value is -1.14. The van der Waals surface area contributed by atoms with Gasteiger partial charge in [0.2, 0.25) is 10.0 Å². The van der Waals surface area contributed by atoms with Crippen LogP contribution in [0.5, 0.6) is 0 Å². The Morgan fingerprint density at radius 3 is 2.53 bits per heavy atom. The summed E-state index contributed by atoms with van der Waals surface area (Å²) in [5.41, 5.74) is 6.37. The number of anilines is 1. The fourth-order valence-electron chi connectivity index (χ4n) is 1.22. The molecule has 0 saturated carbocycles. The van der Waals surface area contributed by atoms with Gasteiger partial charge in [0.25, 0.3) is 0 Å². The molecule has 6 heteroatoms. The van der Waals surface area contributed by atoms with Crippen LogP contribution in [0.15, 0.2) is 12.1 Å². The van der Waals surface area contributed by atoms with Crippen molar-refractivity contribution in [2.75, 3.05) is 11.0 Å². The number of hydrogen-bond donors (Lipinski definition) is 2. The van der Waals surface area contributed by atoms with Gasteiger partial charge in [0.15, 0.2) is 0 Å². The molecule has 15 heavy (non-hydrogen) atoms. The minimum atomic E-state index is -3.46. The second-order valence-electron chi connectivity index (χ2n) is 3.29. The average molecular weight is 232 g/mol. The third kappa shape index (κ3) is 2.90. The molecule has 4 nitrogen and oxygen atoms in total. The van der Waals surface area contributed by atoms with Gasteiger partial charge in [0, 0.05) is 6.54 Å². The Morgan fingerprint density at radius 1 is 1.47 bits per heavy atom. The van der Waals surface area contributed by atoms with Gasteiger partial charge in [-0.1, -0.05) is 6.07 Å². The molecule has 0 saturated heterocycles. The predicted octanol–water partition coefficient (Wildman–Crippen LogP) is 0.964. The van der Waals surface area contributed by atoms with Gasteiger partial charge in [-0.3, -0.25) is 4.72 Å². The van der Waals surface area contributed by atoms with Crippen molar-refractivity contribution >= 4 is 15.7 Å². The van der Waals surface area contributed by atoms with Crippen LogP contribution in [0.1, 0.15) is 11.1 Å². The van der Waals surface area contributed by atoms with Gasteiger partial charge < -0.3 is 5.73 Å². The number of rotatable bonds is 3. The predicted molar refractivity (Wildman–Crippen MR) is 57.5 cm³/mol. The Balaban J connectivity index is 3.18. The fourth-order valence-corrected chi connectivity index (χ4v) is 1.78. The molecule has 0 radical (unpaired) electrons. The van der Waals surface area contributed by atoms with Crippen molar-refractivity contribution in [3.05, 3.63) is 29.1 Å². The van der Waals surface area contributed by atoms with Gasteiger partial charge in [-0.15, -0.1) is 0 Å². The summed E-state index contributed by atoms with van der Waals surface area (Å²) < 4.78 is 37.5. The Bertz CT molecular complexity index is 471. The third-order valence-corrected chi connectivity index (χ3v) is 2.60. The maximum absolute atomic E-state index is 13.6. The highest BCUT2D eigenvalue weighted by atomic mass is 32.2. The smallest absolute Gasteiger partial charge is 0.229 e. The van der Waals surface area contributed by atoms with Crippen LogP contribution in [0.2, 0.25) is 0 Å². The van der Waals surface area contributed by atoms with E-state index in [2.05, 4.69) is 4.72 Å². The second-order valence-corrected chi connectivity index (χ2v) is 5.04. The van der Waals surface area contributed by atoms with Crippen LogP contribution < -0.4 is 10.5 Å². The Labute approximate surface area is 88.3 Å². The van der Waals surface area contributed by atoms with Crippen LogP contribution in [0.3, 0.4) is 0 Å². The molecule has 0 amide bonds. The molecule has 3 N–H and O–H groups in total. The molecular weight excluding hydrogens is 219 g/mol. The Kier molecular flexibility index (Phi) is 3.31. The largest absolute Gasteiger partial charge is 0.326 e. The highest BCUT2D eigenvalue weighted by Crippen LogP contribution is 2.21.